The van der Waals surface area contributed by atoms with Crippen LogP contribution in [-0.2, 0) is 19.0 Å². The van der Waals surface area contributed by atoms with Crippen molar-refractivity contribution in [1.29, 1.82) is 0 Å². The molecular formula is C19H18F3N3S. The molecule has 0 unspecified atom stereocenters. The molecule has 3 nitrogen and oxygen atoms in total. The number of halogens is 3. The second-order valence-electron chi connectivity index (χ2n) is 6.37. The Morgan fingerprint density at radius 3 is 2.81 bits per heavy atom. The van der Waals surface area contributed by atoms with Crippen LogP contribution in [0.5, 0.6) is 0 Å². The largest absolute Gasteiger partial charge is 0.416 e. The summed E-state index contributed by atoms with van der Waals surface area (Å²) in [6.07, 6.45) is -0.690. The van der Waals surface area contributed by atoms with Crippen LogP contribution in [0.2, 0.25) is 0 Å². The molecule has 0 fully saturated rings. The highest BCUT2D eigenvalue weighted by molar-refractivity contribution is 7.09. The molecule has 26 heavy (non-hydrogen) atoms. The summed E-state index contributed by atoms with van der Waals surface area (Å²) < 4.78 is 40.9. The standard InChI is InChI=1S/C19H18F3N3S/c20-19(21,22)13-5-3-6-14(11-13)25-18-16(8-1-2-9-23-18)17(24-25)12-15-7-4-10-26-15/h3-7,10-11,23H,1-2,8-9,12H2. The minimum Gasteiger partial charge on any atom is -0.370 e. The Morgan fingerprint density at radius 1 is 1.15 bits per heavy atom. The van der Waals surface area contributed by atoms with Crippen LogP contribution in [-0.4, -0.2) is 16.3 Å². The Bertz CT molecular complexity index is 897. The van der Waals surface area contributed by atoms with Gasteiger partial charge >= 0.3 is 6.18 Å². The summed E-state index contributed by atoms with van der Waals surface area (Å²) in [6, 6.07) is 9.41. The molecule has 3 heterocycles. The number of rotatable bonds is 3. The average Bonchev–Trinajstić information content (AvgIpc) is 3.16. The van der Waals surface area contributed by atoms with Crippen LogP contribution in [0.25, 0.3) is 5.69 Å². The van der Waals surface area contributed by atoms with Gasteiger partial charge in [-0.05, 0) is 48.9 Å². The predicted molar refractivity (Wildman–Crippen MR) is 97.1 cm³/mol. The van der Waals surface area contributed by atoms with Crippen molar-refractivity contribution in [1.82, 2.24) is 9.78 Å². The van der Waals surface area contributed by atoms with E-state index in [0.717, 1.165) is 55.0 Å². The van der Waals surface area contributed by atoms with Crippen LogP contribution in [0.3, 0.4) is 0 Å². The van der Waals surface area contributed by atoms with Gasteiger partial charge in [0, 0.05) is 23.4 Å². The summed E-state index contributed by atoms with van der Waals surface area (Å²) in [5.41, 5.74) is 1.83. The molecule has 1 N–H and O–H groups in total. The van der Waals surface area contributed by atoms with Gasteiger partial charge in [0.2, 0.25) is 0 Å². The number of aromatic nitrogens is 2. The lowest BCUT2D eigenvalue weighted by atomic mass is 10.1. The van der Waals surface area contributed by atoms with Crippen molar-refractivity contribution in [3.8, 4) is 5.69 Å². The zero-order valence-corrected chi connectivity index (χ0v) is 14.8. The summed E-state index contributed by atoms with van der Waals surface area (Å²) in [5.74, 6) is 0.827. The summed E-state index contributed by atoms with van der Waals surface area (Å²) in [6.45, 7) is 0.802. The van der Waals surface area contributed by atoms with Crippen LogP contribution >= 0.6 is 11.3 Å². The molecule has 2 aromatic heterocycles. The first-order chi connectivity index (χ1) is 12.5. The topological polar surface area (TPSA) is 29.9 Å². The van der Waals surface area contributed by atoms with Crippen LogP contribution in [0, 0.1) is 0 Å². The monoisotopic (exact) mass is 377 g/mol. The molecule has 0 amide bonds. The fourth-order valence-electron chi connectivity index (χ4n) is 3.29. The number of nitrogens with zero attached hydrogens (tertiary/aromatic N) is 2. The Hall–Kier alpha value is -2.28. The van der Waals surface area contributed by atoms with Crippen LogP contribution in [0.15, 0.2) is 41.8 Å². The molecule has 0 radical (unpaired) electrons. The van der Waals surface area contributed by atoms with Crippen molar-refractivity contribution < 1.29 is 13.2 Å². The van der Waals surface area contributed by atoms with Crippen LogP contribution in [0.4, 0.5) is 19.0 Å². The maximum Gasteiger partial charge on any atom is 0.416 e. The number of thiophene rings is 1. The molecule has 0 saturated heterocycles. The molecule has 136 valence electrons. The average molecular weight is 377 g/mol. The smallest absolute Gasteiger partial charge is 0.370 e. The van der Waals surface area contributed by atoms with Crippen molar-refractivity contribution in [3.05, 3.63) is 63.5 Å². The number of fused-ring (bicyclic) bond motifs is 1. The zero-order chi connectivity index (χ0) is 18.1. The number of hydrogen-bond acceptors (Lipinski definition) is 3. The van der Waals surface area contributed by atoms with E-state index in [1.165, 1.54) is 10.9 Å². The van der Waals surface area contributed by atoms with Gasteiger partial charge in [0.1, 0.15) is 5.82 Å². The fourth-order valence-corrected chi connectivity index (χ4v) is 4.00. The van der Waals surface area contributed by atoms with E-state index in [4.69, 9.17) is 5.10 Å². The predicted octanol–water partition coefficient (Wildman–Crippen LogP) is 5.29. The van der Waals surface area contributed by atoms with Gasteiger partial charge in [0.05, 0.1) is 16.9 Å². The van der Waals surface area contributed by atoms with Gasteiger partial charge in [-0.15, -0.1) is 11.3 Å². The van der Waals surface area contributed by atoms with E-state index < -0.39 is 11.7 Å². The normalized spacial score (nSPS) is 14.6. The highest BCUT2D eigenvalue weighted by Gasteiger charge is 2.31. The second kappa shape index (κ2) is 6.79. The molecule has 1 aliphatic rings. The molecule has 0 aliphatic carbocycles. The Morgan fingerprint density at radius 2 is 2.04 bits per heavy atom. The lowest BCUT2D eigenvalue weighted by molar-refractivity contribution is -0.137. The second-order valence-corrected chi connectivity index (χ2v) is 7.41. The van der Waals surface area contributed by atoms with Gasteiger partial charge in [-0.3, -0.25) is 0 Å². The van der Waals surface area contributed by atoms with Crippen LogP contribution < -0.4 is 5.32 Å². The Balaban J connectivity index is 1.80. The fraction of sp³-hybridized carbons (Fsp3) is 0.316. The zero-order valence-electron chi connectivity index (χ0n) is 14.0. The molecule has 0 atom stereocenters. The van der Waals surface area contributed by atoms with Gasteiger partial charge in [-0.2, -0.15) is 18.3 Å². The van der Waals surface area contributed by atoms with E-state index in [-0.39, 0.29) is 0 Å². The van der Waals surface area contributed by atoms with Crippen molar-refractivity contribution in [2.24, 2.45) is 0 Å². The molecule has 1 aliphatic heterocycles. The number of alkyl halides is 3. The highest BCUT2D eigenvalue weighted by Crippen LogP contribution is 2.33. The first kappa shape index (κ1) is 17.1. The first-order valence-electron chi connectivity index (χ1n) is 8.57. The van der Waals surface area contributed by atoms with Gasteiger partial charge in [0.25, 0.3) is 0 Å². The van der Waals surface area contributed by atoms with E-state index in [1.54, 1.807) is 22.1 Å². The number of benzene rings is 1. The quantitative estimate of drug-likeness (QED) is 0.672. The van der Waals surface area contributed by atoms with Gasteiger partial charge < -0.3 is 5.32 Å². The summed E-state index contributed by atoms with van der Waals surface area (Å²) in [4.78, 5) is 1.20. The molecular weight excluding hydrogens is 359 g/mol. The molecule has 1 aromatic carbocycles. The van der Waals surface area contributed by atoms with E-state index in [2.05, 4.69) is 11.4 Å². The summed E-state index contributed by atoms with van der Waals surface area (Å²) in [7, 11) is 0. The van der Waals surface area contributed by atoms with Crippen LogP contribution in [0.1, 0.15) is 34.5 Å². The third-order valence-electron chi connectivity index (χ3n) is 4.55. The van der Waals surface area contributed by atoms with Crippen molar-refractivity contribution >= 4 is 17.2 Å². The van der Waals surface area contributed by atoms with Gasteiger partial charge in [0.15, 0.2) is 0 Å². The van der Waals surface area contributed by atoms with Crippen molar-refractivity contribution in [3.63, 3.8) is 0 Å². The lowest BCUT2D eigenvalue weighted by Crippen LogP contribution is -2.09. The lowest BCUT2D eigenvalue weighted by Gasteiger charge is -2.12. The minimum atomic E-state index is -4.37. The van der Waals surface area contributed by atoms with E-state index >= 15 is 0 Å². The Labute approximate surface area is 153 Å². The third kappa shape index (κ3) is 3.35. The van der Waals surface area contributed by atoms with Gasteiger partial charge in [-0.25, -0.2) is 4.68 Å². The molecule has 7 heteroatoms. The molecule has 0 bridgehead atoms. The van der Waals surface area contributed by atoms with Crippen molar-refractivity contribution in [2.45, 2.75) is 31.9 Å². The molecule has 0 spiro atoms. The van der Waals surface area contributed by atoms with E-state index in [0.29, 0.717) is 12.1 Å². The number of hydrogen-bond donors (Lipinski definition) is 1. The first-order valence-corrected chi connectivity index (χ1v) is 9.45. The minimum absolute atomic E-state index is 0.433. The summed E-state index contributed by atoms with van der Waals surface area (Å²) in [5, 5.41) is 10.1. The third-order valence-corrected chi connectivity index (χ3v) is 5.43. The maximum absolute atomic E-state index is 13.1. The van der Waals surface area contributed by atoms with Crippen molar-refractivity contribution in [2.75, 3.05) is 11.9 Å². The molecule has 3 aromatic rings. The van der Waals surface area contributed by atoms with E-state index in [1.807, 2.05) is 11.4 Å². The van der Waals surface area contributed by atoms with Gasteiger partial charge in [-0.1, -0.05) is 12.1 Å². The summed E-state index contributed by atoms with van der Waals surface area (Å²) >= 11 is 1.67. The van der Waals surface area contributed by atoms with E-state index in [9.17, 15) is 13.2 Å². The SMILES string of the molecule is FC(F)(F)c1cccc(-n2nc(Cc3cccs3)c3c2NCCCC3)c1. The highest BCUT2D eigenvalue weighted by atomic mass is 32.1. The molecule has 4 rings (SSSR count). The maximum atomic E-state index is 13.1. The number of anilines is 1. The molecule has 0 saturated carbocycles. The number of nitrogens with one attached hydrogen (secondary N) is 1. The Kier molecular flexibility index (Phi) is 4.48.